The highest BCUT2D eigenvalue weighted by Crippen LogP contribution is 2.24. The molecule has 0 aromatic heterocycles. The molecule has 0 heterocycles. The third-order valence-electron chi connectivity index (χ3n) is 4.38. The van der Waals surface area contributed by atoms with Gasteiger partial charge in [-0.05, 0) is 45.9 Å². The quantitative estimate of drug-likeness (QED) is 0.483. The Morgan fingerprint density at radius 2 is 1.48 bits per heavy atom. The summed E-state index contributed by atoms with van der Waals surface area (Å²) in [6, 6.07) is 26.3. The van der Waals surface area contributed by atoms with Crippen LogP contribution < -0.4 is 5.30 Å². The number of hydrogen-bond donors (Lipinski definition) is 1. The molecule has 3 rings (SSSR count). The van der Waals surface area contributed by atoms with Crippen molar-refractivity contribution in [3.63, 3.8) is 0 Å². The Bertz CT molecular complexity index is 932. The number of benzene rings is 3. The maximum atomic E-state index is 12.9. The number of carbonyl (C=O) groups excluding carboxylic acids is 1. The van der Waals surface area contributed by atoms with Crippen LogP contribution in [0, 0.1) is 0 Å². The lowest BCUT2D eigenvalue weighted by atomic mass is 9.88. The van der Waals surface area contributed by atoms with Crippen LogP contribution in [0.1, 0.15) is 22.6 Å². The fourth-order valence-electron chi connectivity index (χ4n) is 2.93. The lowest BCUT2D eigenvalue weighted by Crippen LogP contribution is -2.14. The topological polar surface area (TPSA) is 54.4 Å². The zero-order valence-corrected chi connectivity index (χ0v) is 15.6. The van der Waals surface area contributed by atoms with E-state index in [1.165, 1.54) is 0 Å². The lowest BCUT2D eigenvalue weighted by Gasteiger charge is -2.14. The van der Waals surface area contributed by atoms with E-state index in [1.807, 2.05) is 66.7 Å². The van der Waals surface area contributed by atoms with E-state index in [0.717, 1.165) is 16.7 Å². The highest BCUT2D eigenvalue weighted by Gasteiger charge is 2.21. The van der Waals surface area contributed by atoms with Crippen molar-refractivity contribution in [2.45, 2.75) is 12.3 Å². The number of ketones is 1. The first kappa shape index (κ1) is 18.9. The van der Waals surface area contributed by atoms with Crippen LogP contribution in [0.5, 0.6) is 0 Å². The third kappa shape index (κ3) is 5.30. The fraction of sp³-hybridized carbons (Fsp3) is 0.0870. The zero-order valence-electron chi connectivity index (χ0n) is 14.7. The molecule has 3 aromatic carbocycles. The smallest absolute Gasteiger partial charge is 0.294 e. The van der Waals surface area contributed by atoms with Crippen LogP contribution >= 0.6 is 8.03 Å². The summed E-state index contributed by atoms with van der Waals surface area (Å²) in [5, 5.41) is 0.361. The number of allylic oxidation sites excluding steroid dienone is 1. The standard InChI is InChI=1S/C23H19O3P/c24-23(16-11-18-7-3-1-4-8-18)22(17-19-9-5-2-6-10-19)20-12-14-21(15-13-20)27(25)26/h1-16,22H,17H2/p+1. The van der Waals surface area contributed by atoms with Gasteiger partial charge in [-0.15, -0.1) is 0 Å². The van der Waals surface area contributed by atoms with Crippen LogP contribution in [0.4, 0.5) is 0 Å². The van der Waals surface area contributed by atoms with Crippen molar-refractivity contribution in [2.75, 3.05) is 0 Å². The van der Waals surface area contributed by atoms with Crippen LogP contribution in [0.15, 0.2) is 91.0 Å². The van der Waals surface area contributed by atoms with Crippen molar-refractivity contribution in [1.82, 2.24) is 0 Å². The third-order valence-corrected chi connectivity index (χ3v) is 5.12. The van der Waals surface area contributed by atoms with Crippen LogP contribution in [-0.4, -0.2) is 10.7 Å². The van der Waals surface area contributed by atoms with Gasteiger partial charge in [0.1, 0.15) is 0 Å². The van der Waals surface area contributed by atoms with Gasteiger partial charge >= 0.3 is 8.03 Å². The van der Waals surface area contributed by atoms with E-state index in [9.17, 15) is 14.3 Å². The predicted molar refractivity (Wildman–Crippen MR) is 109 cm³/mol. The Morgan fingerprint density at radius 1 is 0.889 bits per heavy atom. The van der Waals surface area contributed by atoms with E-state index in [4.69, 9.17) is 0 Å². The van der Waals surface area contributed by atoms with Crippen molar-refractivity contribution in [3.05, 3.63) is 108 Å². The minimum Gasteiger partial charge on any atom is -0.294 e. The van der Waals surface area contributed by atoms with E-state index in [2.05, 4.69) is 0 Å². The molecule has 134 valence electrons. The van der Waals surface area contributed by atoms with E-state index in [1.54, 1.807) is 30.3 Å². The molecule has 0 amide bonds. The van der Waals surface area contributed by atoms with Gasteiger partial charge in [0.05, 0.1) is 5.92 Å². The van der Waals surface area contributed by atoms with E-state index in [-0.39, 0.29) is 11.7 Å². The summed E-state index contributed by atoms with van der Waals surface area (Å²) in [5.41, 5.74) is 2.88. The molecule has 3 nitrogen and oxygen atoms in total. The summed E-state index contributed by atoms with van der Waals surface area (Å²) in [7, 11) is -2.38. The van der Waals surface area contributed by atoms with Gasteiger partial charge < -0.3 is 0 Å². The normalized spacial score (nSPS) is 12.7. The van der Waals surface area contributed by atoms with Crippen LogP contribution in [0.25, 0.3) is 6.08 Å². The van der Waals surface area contributed by atoms with Gasteiger partial charge in [-0.1, -0.05) is 78.9 Å². The number of rotatable bonds is 7. The van der Waals surface area contributed by atoms with Crippen molar-refractivity contribution < 1.29 is 14.3 Å². The molecule has 1 N–H and O–H groups in total. The van der Waals surface area contributed by atoms with Gasteiger partial charge in [0.15, 0.2) is 5.78 Å². The van der Waals surface area contributed by atoms with Crippen molar-refractivity contribution in [2.24, 2.45) is 0 Å². The highest BCUT2D eigenvalue weighted by molar-refractivity contribution is 7.47. The Balaban J connectivity index is 1.88. The maximum Gasteiger partial charge on any atom is 0.546 e. The van der Waals surface area contributed by atoms with Gasteiger partial charge in [0.25, 0.3) is 0 Å². The first-order valence-electron chi connectivity index (χ1n) is 8.70. The second-order valence-corrected chi connectivity index (χ2v) is 7.32. The number of carbonyl (C=O) groups is 1. The second-order valence-electron chi connectivity index (χ2n) is 6.25. The van der Waals surface area contributed by atoms with Gasteiger partial charge in [0, 0.05) is 0 Å². The maximum absolute atomic E-state index is 12.9. The van der Waals surface area contributed by atoms with Crippen molar-refractivity contribution >= 4 is 25.2 Å². The van der Waals surface area contributed by atoms with E-state index < -0.39 is 8.03 Å². The molecule has 0 aliphatic carbocycles. The average molecular weight is 375 g/mol. The van der Waals surface area contributed by atoms with Gasteiger partial charge in [-0.3, -0.25) is 4.79 Å². The average Bonchev–Trinajstić information content (AvgIpc) is 2.72. The predicted octanol–water partition coefficient (Wildman–Crippen LogP) is 4.66. The summed E-state index contributed by atoms with van der Waals surface area (Å²) in [6.07, 6.45) is 4.01. The molecule has 27 heavy (non-hydrogen) atoms. The molecule has 0 radical (unpaired) electrons. The molecule has 0 aliphatic rings. The first-order chi connectivity index (χ1) is 13.1. The molecule has 0 aliphatic heterocycles. The van der Waals surface area contributed by atoms with Crippen LogP contribution in [-0.2, 0) is 15.8 Å². The monoisotopic (exact) mass is 375 g/mol. The molecule has 4 heteroatoms. The molecule has 0 fully saturated rings. The molecule has 0 spiro atoms. The van der Waals surface area contributed by atoms with Crippen molar-refractivity contribution in [3.8, 4) is 0 Å². The Kier molecular flexibility index (Phi) is 6.43. The molecular formula is C23H20O3P+. The molecule has 3 aromatic rings. The highest BCUT2D eigenvalue weighted by atomic mass is 31.1. The van der Waals surface area contributed by atoms with Crippen molar-refractivity contribution in [1.29, 1.82) is 0 Å². The minimum atomic E-state index is -2.38. The largest absolute Gasteiger partial charge is 0.546 e. The summed E-state index contributed by atoms with van der Waals surface area (Å²) < 4.78 is 11.2. The summed E-state index contributed by atoms with van der Waals surface area (Å²) in [4.78, 5) is 22.2. The zero-order chi connectivity index (χ0) is 19.1. The van der Waals surface area contributed by atoms with Gasteiger partial charge in [0.2, 0.25) is 5.30 Å². The van der Waals surface area contributed by atoms with Gasteiger partial charge in [-0.2, -0.15) is 4.89 Å². The number of hydrogen-bond acceptors (Lipinski definition) is 2. The van der Waals surface area contributed by atoms with Crippen LogP contribution in [0.3, 0.4) is 0 Å². The summed E-state index contributed by atoms with van der Waals surface area (Å²) >= 11 is 0. The molecule has 0 bridgehead atoms. The Labute approximate surface area is 159 Å². The Hall–Kier alpha value is -2.87. The molecule has 0 saturated carbocycles. The fourth-order valence-corrected chi connectivity index (χ4v) is 3.33. The lowest BCUT2D eigenvalue weighted by molar-refractivity contribution is -0.115. The molecular weight excluding hydrogens is 355 g/mol. The minimum absolute atomic E-state index is 0.00356. The van der Waals surface area contributed by atoms with Gasteiger partial charge in [-0.25, -0.2) is 0 Å². The summed E-state index contributed by atoms with van der Waals surface area (Å²) in [6.45, 7) is 0. The van der Waals surface area contributed by atoms with E-state index in [0.29, 0.717) is 11.7 Å². The summed E-state index contributed by atoms with van der Waals surface area (Å²) in [5.74, 6) is -0.346. The van der Waals surface area contributed by atoms with E-state index >= 15 is 0 Å². The molecule has 2 unspecified atom stereocenters. The molecule has 0 saturated heterocycles. The Morgan fingerprint density at radius 3 is 2.07 bits per heavy atom. The first-order valence-corrected chi connectivity index (χ1v) is 9.92. The van der Waals surface area contributed by atoms with Crippen LogP contribution in [0.2, 0.25) is 0 Å². The SMILES string of the molecule is O=C(C=Cc1ccccc1)C(Cc1ccccc1)c1ccc([P+](=O)O)cc1. The molecule has 2 atom stereocenters. The second kappa shape index (κ2) is 9.18.